The molecule has 55 heavy (non-hydrogen) atoms. The number of fused-ring (bicyclic) bond motifs is 1. The minimum absolute atomic E-state index is 0.0211. The normalized spacial score (nSPS) is 38.2. The van der Waals surface area contributed by atoms with Crippen LogP contribution in [0.1, 0.15) is 86.5 Å². The van der Waals surface area contributed by atoms with Gasteiger partial charge in [0.25, 0.3) is 0 Å². The number of carbonyl (C=O) groups excluding carboxylic acids is 4. The Bertz CT molecular complexity index is 1610. The molecule has 3 saturated heterocycles. The van der Waals surface area contributed by atoms with Crippen LogP contribution in [0.3, 0.4) is 0 Å². The maximum absolute atomic E-state index is 14.4. The van der Waals surface area contributed by atoms with Crippen molar-refractivity contribution in [2.45, 2.75) is 136 Å². The van der Waals surface area contributed by atoms with Crippen molar-refractivity contribution >= 4 is 40.9 Å². The van der Waals surface area contributed by atoms with Gasteiger partial charge in [-0.2, -0.15) is 0 Å². The molecule has 0 N–H and O–H groups in total. The average molecular weight is 791 g/mol. The molecule has 14 nitrogen and oxygen atoms in total. The molecule has 0 amide bonds. The van der Waals surface area contributed by atoms with Gasteiger partial charge in [-0.1, -0.05) is 50.8 Å². The van der Waals surface area contributed by atoms with E-state index < -0.39 is 89.5 Å². The molecule has 4 rings (SSSR count). The predicted molar refractivity (Wildman–Crippen MR) is 203 cm³/mol. The summed E-state index contributed by atoms with van der Waals surface area (Å²) in [5.74, 6) is 0.984. The Morgan fingerprint density at radius 1 is 1.09 bits per heavy atom. The molecule has 0 spiro atoms. The maximum atomic E-state index is 14.4. The largest absolute Gasteiger partial charge is 0.509 e. The number of hydrogen-bond donors (Lipinski definition) is 0. The molecular formula is C40H58N2O12S. The number of nitrogens with zero attached hydrogens (tertiary/aromatic N) is 2. The third kappa shape index (κ3) is 10.1. The van der Waals surface area contributed by atoms with E-state index in [0.29, 0.717) is 12.1 Å². The molecule has 1 aromatic rings. The quantitative estimate of drug-likeness (QED) is 0.0825. The van der Waals surface area contributed by atoms with Gasteiger partial charge >= 0.3 is 18.1 Å². The maximum Gasteiger partial charge on any atom is 0.509 e. The highest BCUT2D eigenvalue weighted by atomic mass is 32.1. The first-order chi connectivity index (χ1) is 25.9. The Labute approximate surface area is 328 Å². The summed E-state index contributed by atoms with van der Waals surface area (Å²) < 4.78 is 42.9. The van der Waals surface area contributed by atoms with Crippen LogP contribution < -0.4 is 0 Å². The molecule has 0 saturated carbocycles. The SMILES string of the molecule is CC[C@H]1OC(=O)[C@H](C)C(=O)[C@H](C)[C@@H](O[C@@H]2O[C@H](C)C[C@H](N(C)C)[C@H]2OC(C)=O)[C@](C)(OC)C[C@@H](C)/C(=N\OCC#Cc2cccs2)[C@H](C)[C@H]2OC(=O)O[C@@]21C. The van der Waals surface area contributed by atoms with Gasteiger partial charge in [-0.25, -0.2) is 4.79 Å². The van der Waals surface area contributed by atoms with Crippen molar-refractivity contribution in [2.75, 3.05) is 27.8 Å². The van der Waals surface area contributed by atoms with Gasteiger partial charge in [-0.3, -0.25) is 14.4 Å². The molecule has 13 atom stereocenters. The van der Waals surface area contributed by atoms with Gasteiger partial charge in [0, 0.05) is 31.8 Å². The molecule has 0 bridgehead atoms. The lowest BCUT2D eigenvalue weighted by Crippen LogP contribution is -2.60. The number of Topliss-reactive ketones (excluding diaryl/α,β-unsaturated/α-hetero) is 1. The molecule has 306 valence electrons. The molecule has 3 aliphatic rings. The van der Waals surface area contributed by atoms with Gasteiger partial charge in [-0.05, 0) is 72.5 Å². The average Bonchev–Trinajstić information content (AvgIpc) is 3.76. The monoisotopic (exact) mass is 790 g/mol. The van der Waals surface area contributed by atoms with Gasteiger partial charge in [0.1, 0.15) is 12.0 Å². The zero-order valence-electron chi connectivity index (χ0n) is 34.1. The van der Waals surface area contributed by atoms with E-state index in [2.05, 4.69) is 17.0 Å². The zero-order valence-corrected chi connectivity index (χ0v) is 34.9. The summed E-state index contributed by atoms with van der Waals surface area (Å²) in [4.78, 5) is 62.1. The predicted octanol–water partition coefficient (Wildman–Crippen LogP) is 5.39. The fourth-order valence-electron chi connectivity index (χ4n) is 8.15. The van der Waals surface area contributed by atoms with Crippen LogP contribution in [0.4, 0.5) is 4.79 Å². The van der Waals surface area contributed by atoms with E-state index in [1.54, 1.807) is 20.8 Å². The van der Waals surface area contributed by atoms with E-state index in [4.69, 9.17) is 38.0 Å². The summed E-state index contributed by atoms with van der Waals surface area (Å²) in [6.07, 6.45) is -5.09. The van der Waals surface area contributed by atoms with E-state index in [9.17, 15) is 19.2 Å². The van der Waals surface area contributed by atoms with Crippen molar-refractivity contribution in [3.05, 3.63) is 22.4 Å². The van der Waals surface area contributed by atoms with Crippen LogP contribution in [0.15, 0.2) is 22.7 Å². The first-order valence-electron chi connectivity index (χ1n) is 18.9. The lowest BCUT2D eigenvalue weighted by molar-refractivity contribution is -0.297. The molecule has 4 heterocycles. The zero-order chi connectivity index (χ0) is 40.8. The third-order valence-electron chi connectivity index (χ3n) is 11.1. The summed E-state index contributed by atoms with van der Waals surface area (Å²) in [5.41, 5.74) is -2.19. The number of cyclic esters (lactones) is 1. The number of rotatable bonds is 8. The molecule has 0 unspecified atom stereocenters. The number of ketones is 1. The van der Waals surface area contributed by atoms with E-state index in [-0.39, 0.29) is 31.6 Å². The number of hydrogen-bond acceptors (Lipinski definition) is 15. The highest BCUT2D eigenvalue weighted by Gasteiger charge is 2.59. The number of likely N-dealkylation sites (N-methyl/N-ethyl adjacent to an activating group) is 1. The first kappa shape index (κ1) is 44.2. The van der Waals surface area contributed by atoms with Gasteiger partial charge in [0.05, 0.1) is 34.4 Å². The first-order valence-corrected chi connectivity index (χ1v) is 19.8. The second kappa shape index (κ2) is 18.6. The van der Waals surface area contributed by atoms with Crippen molar-refractivity contribution < 1.29 is 57.2 Å². The second-order valence-corrected chi connectivity index (χ2v) is 16.5. The minimum atomic E-state index is -1.43. The lowest BCUT2D eigenvalue weighted by Gasteiger charge is -2.47. The van der Waals surface area contributed by atoms with E-state index in [0.717, 1.165) is 4.88 Å². The highest BCUT2D eigenvalue weighted by Crippen LogP contribution is 2.42. The standard InChI is InChI=1S/C40H58N2O12S/c1-13-30-40(9)35(53-38(46)54-40)24(4)31(41-48-18-14-16-28-17-15-19-55-28)22(2)21-39(8,47-12)34(25(5)32(44)26(6)36(45)51-30)52-37-33(50-27(7)43)29(42(10)11)20-23(3)49-37/h15,17,19,22-26,29-30,33-35,37H,13,18,20-21H2,1-12H3/b41-31+/t22-,23-,24+,25+,26-,29+,30-,33-,34-,35-,37+,39-,40-/m1/s1. The van der Waals surface area contributed by atoms with Crippen LogP contribution >= 0.6 is 11.3 Å². The van der Waals surface area contributed by atoms with Crippen molar-refractivity contribution in [1.82, 2.24) is 4.90 Å². The molecule has 3 aliphatic heterocycles. The Hall–Kier alpha value is -3.55. The number of ether oxygens (including phenoxy) is 7. The van der Waals surface area contributed by atoms with Crippen LogP contribution in [0.5, 0.6) is 0 Å². The highest BCUT2D eigenvalue weighted by molar-refractivity contribution is 7.10. The van der Waals surface area contributed by atoms with Gasteiger partial charge in [-0.15, -0.1) is 11.3 Å². The van der Waals surface area contributed by atoms with E-state index in [1.807, 2.05) is 64.2 Å². The van der Waals surface area contributed by atoms with Gasteiger partial charge < -0.3 is 42.9 Å². The Balaban J connectivity index is 1.83. The smallest absolute Gasteiger partial charge is 0.457 e. The Morgan fingerprint density at radius 3 is 2.40 bits per heavy atom. The number of oxime groups is 1. The van der Waals surface area contributed by atoms with Crippen molar-refractivity contribution in [2.24, 2.45) is 28.8 Å². The van der Waals surface area contributed by atoms with Crippen LogP contribution in [-0.2, 0) is 52.4 Å². The number of carbonyl (C=O) groups is 4. The molecule has 15 heteroatoms. The number of methoxy groups -OCH3 is 1. The summed E-state index contributed by atoms with van der Waals surface area (Å²) >= 11 is 1.51. The summed E-state index contributed by atoms with van der Waals surface area (Å²) in [6.45, 7) is 15.4. The molecule has 1 aromatic heterocycles. The number of esters is 2. The molecule has 0 aliphatic carbocycles. The van der Waals surface area contributed by atoms with Gasteiger partial charge in [0.15, 0.2) is 36.5 Å². The summed E-state index contributed by atoms with van der Waals surface area (Å²) in [7, 11) is 5.29. The van der Waals surface area contributed by atoms with Crippen LogP contribution in [0, 0.1) is 35.5 Å². The molecular weight excluding hydrogens is 733 g/mol. The van der Waals surface area contributed by atoms with Crippen molar-refractivity contribution in [3.8, 4) is 11.8 Å². The molecule has 0 aromatic carbocycles. The fourth-order valence-corrected chi connectivity index (χ4v) is 8.74. The Morgan fingerprint density at radius 2 is 1.80 bits per heavy atom. The molecule has 3 fully saturated rings. The van der Waals surface area contributed by atoms with Crippen molar-refractivity contribution in [3.63, 3.8) is 0 Å². The second-order valence-electron chi connectivity index (χ2n) is 15.5. The Kier molecular flexibility index (Phi) is 14.9. The minimum Gasteiger partial charge on any atom is -0.457 e. The lowest BCUT2D eigenvalue weighted by atomic mass is 9.74. The topological polar surface area (TPSA) is 158 Å². The van der Waals surface area contributed by atoms with Gasteiger partial charge in [0.2, 0.25) is 0 Å². The molecule has 0 radical (unpaired) electrons. The number of thiophene rings is 1. The van der Waals surface area contributed by atoms with E-state index in [1.165, 1.54) is 32.3 Å². The third-order valence-corrected chi connectivity index (χ3v) is 11.9. The van der Waals surface area contributed by atoms with Crippen LogP contribution in [0.2, 0.25) is 0 Å². The summed E-state index contributed by atoms with van der Waals surface area (Å²) in [6, 6.07) is 3.55. The van der Waals surface area contributed by atoms with Crippen LogP contribution in [0.25, 0.3) is 0 Å². The summed E-state index contributed by atoms with van der Waals surface area (Å²) in [5, 5.41) is 6.53. The van der Waals surface area contributed by atoms with E-state index >= 15 is 0 Å². The van der Waals surface area contributed by atoms with Crippen LogP contribution in [-0.4, -0.2) is 116 Å². The fraction of sp³-hybridized carbons (Fsp3) is 0.725. The van der Waals surface area contributed by atoms with Crippen molar-refractivity contribution in [1.29, 1.82) is 0 Å².